The Kier molecular flexibility index (Phi) is 3.90. The lowest BCUT2D eigenvalue weighted by atomic mass is 10.4. The lowest BCUT2D eigenvalue weighted by Gasteiger charge is -2.19. The number of nitrogens with one attached hydrogen (secondary N) is 1. The molecule has 1 aromatic heterocycles. The van der Waals surface area contributed by atoms with Crippen molar-refractivity contribution in [1.82, 2.24) is 20.4 Å². The van der Waals surface area contributed by atoms with E-state index >= 15 is 0 Å². The Hall–Kier alpha value is -0.940. The Morgan fingerprint density at radius 2 is 2.25 bits per heavy atom. The van der Waals surface area contributed by atoms with Crippen LogP contribution in [0.1, 0.15) is 31.5 Å². The van der Waals surface area contributed by atoms with Gasteiger partial charge in [0, 0.05) is 26.1 Å². The maximum absolute atomic E-state index is 5.28. The third kappa shape index (κ3) is 3.28. The van der Waals surface area contributed by atoms with Crippen molar-refractivity contribution in [3.8, 4) is 0 Å². The van der Waals surface area contributed by atoms with E-state index in [1.165, 1.54) is 12.8 Å². The van der Waals surface area contributed by atoms with Crippen LogP contribution < -0.4 is 5.32 Å². The molecule has 0 spiro atoms. The van der Waals surface area contributed by atoms with Crippen molar-refractivity contribution in [3.63, 3.8) is 0 Å². The van der Waals surface area contributed by atoms with Crippen LogP contribution in [0.4, 0.5) is 0 Å². The van der Waals surface area contributed by atoms with Gasteiger partial charge in [0.15, 0.2) is 0 Å². The van der Waals surface area contributed by atoms with E-state index in [9.17, 15) is 0 Å². The molecule has 0 unspecified atom stereocenters. The fourth-order valence-corrected chi connectivity index (χ4v) is 1.87. The Morgan fingerprint density at radius 1 is 1.44 bits per heavy atom. The number of nitrogens with zero attached hydrogens (tertiary/aromatic N) is 3. The second kappa shape index (κ2) is 5.41. The van der Waals surface area contributed by atoms with Crippen LogP contribution in [0.2, 0.25) is 0 Å². The van der Waals surface area contributed by atoms with Crippen LogP contribution >= 0.6 is 0 Å². The van der Waals surface area contributed by atoms with Crippen molar-refractivity contribution in [1.29, 1.82) is 0 Å². The largest absolute Gasteiger partial charge is 0.424 e. The van der Waals surface area contributed by atoms with Crippen LogP contribution in [0.15, 0.2) is 4.42 Å². The Labute approximate surface area is 96.2 Å². The van der Waals surface area contributed by atoms with Gasteiger partial charge in [0.25, 0.3) is 0 Å². The molecule has 2 rings (SSSR count). The molecule has 1 fully saturated rings. The van der Waals surface area contributed by atoms with Crippen LogP contribution in [0.3, 0.4) is 0 Å². The van der Waals surface area contributed by atoms with Gasteiger partial charge in [-0.15, -0.1) is 10.2 Å². The lowest BCUT2D eigenvalue weighted by Crippen LogP contribution is -2.33. The highest BCUT2D eigenvalue weighted by molar-refractivity contribution is 4.84. The van der Waals surface area contributed by atoms with Gasteiger partial charge in [0.2, 0.25) is 11.8 Å². The molecule has 90 valence electrons. The molecule has 5 nitrogen and oxygen atoms in total. The molecule has 1 aliphatic rings. The quantitative estimate of drug-likeness (QED) is 0.699. The standard InChI is InChI=1S/C11H20N4O/c1-3-15(10-4-5-10)7-6-12-8-11-14-13-9(2)16-11/h10,12H,3-8H2,1-2H3. The van der Waals surface area contributed by atoms with Gasteiger partial charge in [-0.25, -0.2) is 0 Å². The van der Waals surface area contributed by atoms with E-state index < -0.39 is 0 Å². The van der Waals surface area contributed by atoms with Gasteiger partial charge >= 0.3 is 0 Å². The number of rotatable bonds is 7. The van der Waals surface area contributed by atoms with Crippen LogP contribution in [0.5, 0.6) is 0 Å². The predicted molar refractivity (Wildman–Crippen MR) is 61.0 cm³/mol. The van der Waals surface area contributed by atoms with Crippen LogP contribution in [0.25, 0.3) is 0 Å². The molecule has 16 heavy (non-hydrogen) atoms. The minimum absolute atomic E-state index is 0.630. The topological polar surface area (TPSA) is 54.2 Å². The molecule has 1 heterocycles. The van der Waals surface area contributed by atoms with Crippen molar-refractivity contribution in [2.75, 3.05) is 19.6 Å². The lowest BCUT2D eigenvalue weighted by molar-refractivity contribution is 0.275. The Bertz CT molecular complexity index is 322. The van der Waals surface area contributed by atoms with Crippen molar-refractivity contribution in [3.05, 3.63) is 11.8 Å². The average molecular weight is 224 g/mol. The van der Waals surface area contributed by atoms with E-state index in [0.29, 0.717) is 18.3 Å². The van der Waals surface area contributed by atoms with Crippen molar-refractivity contribution in [2.24, 2.45) is 0 Å². The van der Waals surface area contributed by atoms with Crippen LogP contribution in [0, 0.1) is 6.92 Å². The molecule has 0 amide bonds. The predicted octanol–water partition coefficient (Wildman–Crippen LogP) is 0.952. The van der Waals surface area contributed by atoms with Crippen molar-refractivity contribution >= 4 is 0 Å². The number of aryl methyl sites for hydroxylation is 1. The Morgan fingerprint density at radius 3 is 2.81 bits per heavy atom. The monoisotopic (exact) mass is 224 g/mol. The first-order valence-corrected chi connectivity index (χ1v) is 6.03. The summed E-state index contributed by atoms with van der Waals surface area (Å²) in [7, 11) is 0. The molecular formula is C11H20N4O. The van der Waals surface area contributed by atoms with E-state index in [1.54, 1.807) is 0 Å². The van der Waals surface area contributed by atoms with Gasteiger partial charge in [-0.3, -0.25) is 4.90 Å². The zero-order chi connectivity index (χ0) is 11.4. The summed E-state index contributed by atoms with van der Waals surface area (Å²) in [4.78, 5) is 2.52. The zero-order valence-electron chi connectivity index (χ0n) is 10.1. The van der Waals surface area contributed by atoms with E-state index in [-0.39, 0.29) is 0 Å². The summed E-state index contributed by atoms with van der Waals surface area (Å²) in [6.07, 6.45) is 2.74. The maximum Gasteiger partial charge on any atom is 0.230 e. The molecule has 0 radical (unpaired) electrons. The summed E-state index contributed by atoms with van der Waals surface area (Å²) < 4.78 is 5.28. The third-order valence-electron chi connectivity index (χ3n) is 2.89. The number of aromatic nitrogens is 2. The maximum atomic E-state index is 5.28. The summed E-state index contributed by atoms with van der Waals surface area (Å²) in [6, 6.07) is 0.845. The summed E-state index contributed by atoms with van der Waals surface area (Å²) in [5.74, 6) is 1.30. The molecule has 0 bridgehead atoms. The first-order valence-electron chi connectivity index (χ1n) is 6.03. The molecule has 0 aliphatic heterocycles. The van der Waals surface area contributed by atoms with E-state index in [0.717, 1.165) is 25.7 Å². The van der Waals surface area contributed by atoms with Crippen molar-refractivity contribution in [2.45, 2.75) is 39.3 Å². The first-order chi connectivity index (χ1) is 7.79. The zero-order valence-corrected chi connectivity index (χ0v) is 10.1. The fourth-order valence-electron chi connectivity index (χ4n) is 1.87. The normalized spacial score (nSPS) is 15.9. The van der Waals surface area contributed by atoms with E-state index in [1.807, 2.05) is 6.92 Å². The molecule has 1 saturated carbocycles. The molecule has 1 aromatic rings. The molecule has 0 aromatic carbocycles. The van der Waals surface area contributed by atoms with E-state index in [2.05, 4.69) is 27.3 Å². The minimum Gasteiger partial charge on any atom is -0.424 e. The highest BCUT2D eigenvalue weighted by Gasteiger charge is 2.26. The van der Waals surface area contributed by atoms with E-state index in [4.69, 9.17) is 4.42 Å². The van der Waals surface area contributed by atoms with Gasteiger partial charge < -0.3 is 9.73 Å². The molecule has 1 aliphatic carbocycles. The number of hydrogen-bond acceptors (Lipinski definition) is 5. The van der Waals surface area contributed by atoms with Gasteiger partial charge in [-0.1, -0.05) is 6.92 Å². The number of likely N-dealkylation sites (N-methyl/N-ethyl adjacent to an activating group) is 1. The minimum atomic E-state index is 0.630. The average Bonchev–Trinajstić information content (AvgIpc) is 3.03. The highest BCUT2D eigenvalue weighted by Crippen LogP contribution is 2.25. The molecule has 1 N–H and O–H groups in total. The van der Waals surface area contributed by atoms with Crippen LogP contribution in [-0.2, 0) is 6.54 Å². The van der Waals surface area contributed by atoms with Crippen LogP contribution in [-0.4, -0.2) is 40.8 Å². The fraction of sp³-hybridized carbons (Fsp3) is 0.818. The molecule has 0 atom stereocenters. The van der Waals surface area contributed by atoms with Crippen molar-refractivity contribution < 1.29 is 4.42 Å². The van der Waals surface area contributed by atoms with Gasteiger partial charge in [0.05, 0.1) is 6.54 Å². The smallest absolute Gasteiger partial charge is 0.230 e. The highest BCUT2D eigenvalue weighted by atomic mass is 16.4. The van der Waals surface area contributed by atoms with Gasteiger partial charge in [0.1, 0.15) is 0 Å². The first kappa shape index (κ1) is 11.5. The molecule has 5 heteroatoms. The molecule has 0 saturated heterocycles. The Balaban J connectivity index is 1.60. The summed E-state index contributed by atoms with van der Waals surface area (Å²) in [6.45, 7) is 7.93. The summed E-state index contributed by atoms with van der Waals surface area (Å²) >= 11 is 0. The second-order valence-corrected chi connectivity index (χ2v) is 4.25. The SMILES string of the molecule is CCN(CCNCc1nnc(C)o1)C1CC1. The second-order valence-electron chi connectivity index (χ2n) is 4.25. The van der Waals surface area contributed by atoms with Gasteiger partial charge in [-0.05, 0) is 19.4 Å². The molecular weight excluding hydrogens is 204 g/mol. The number of hydrogen-bond donors (Lipinski definition) is 1. The summed E-state index contributed by atoms with van der Waals surface area (Å²) in [5, 5.41) is 11.0. The van der Waals surface area contributed by atoms with Gasteiger partial charge in [-0.2, -0.15) is 0 Å². The summed E-state index contributed by atoms with van der Waals surface area (Å²) in [5.41, 5.74) is 0. The third-order valence-corrected chi connectivity index (χ3v) is 2.89.